The van der Waals surface area contributed by atoms with Crippen LogP contribution < -0.4 is 5.32 Å². The van der Waals surface area contributed by atoms with E-state index in [9.17, 15) is 0 Å². The van der Waals surface area contributed by atoms with Gasteiger partial charge in [-0.1, -0.05) is 24.6 Å². The highest BCUT2D eigenvalue weighted by Gasteiger charge is 2.16. The molecular weight excluding hydrogens is 260 g/mol. The number of furan rings is 1. The Kier molecular flexibility index (Phi) is 4.94. The number of hydrogen-bond donors (Lipinski definition) is 1. The number of fused-ring (bicyclic) bond motifs is 1. The standard InChI is InChI=1S/C18H26N2O/c1-15-7-4-5-11-20(15)12-6-10-19-13-16-14-21-18-9-3-2-8-17(16)18/h2-3,8-9,14-15,19H,4-7,10-13H2,1H3. The van der Waals surface area contributed by atoms with E-state index in [1.165, 1.54) is 49.7 Å². The molecule has 2 aromatic rings. The van der Waals surface area contributed by atoms with E-state index < -0.39 is 0 Å². The highest BCUT2D eigenvalue weighted by atomic mass is 16.3. The number of hydrogen-bond acceptors (Lipinski definition) is 3. The molecular formula is C18H26N2O. The molecule has 1 N–H and O–H groups in total. The van der Waals surface area contributed by atoms with E-state index in [0.29, 0.717) is 0 Å². The molecule has 1 atom stereocenters. The summed E-state index contributed by atoms with van der Waals surface area (Å²) in [5, 5.41) is 4.78. The Labute approximate surface area is 127 Å². The Morgan fingerprint density at radius 1 is 1.29 bits per heavy atom. The summed E-state index contributed by atoms with van der Waals surface area (Å²) in [7, 11) is 0. The second kappa shape index (κ2) is 7.10. The molecule has 1 fully saturated rings. The Morgan fingerprint density at radius 2 is 2.19 bits per heavy atom. The summed E-state index contributed by atoms with van der Waals surface area (Å²) in [6, 6.07) is 9.01. The average Bonchev–Trinajstić information content (AvgIpc) is 2.92. The first-order chi connectivity index (χ1) is 10.3. The SMILES string of the molecule is CC1CCCCN1CCCNCc1coc2ccccc12. The van der Waals surface area contributed by atoms with Crippen molar-refractivity contribution in [3.05, 3.63) is 36.1 Å². The highest BCUT2D eigenvalue weighted by molar-refractivity contribution is 5.80. The van der Waals surface area contributed by atoms with Gasteiger partial charge in [0.15, 0.2) is 0 Å². The fourth-order valence-corrected chi connectivity index (χ4v) is 3.29. The van der Waals surface area contributed by atoms with Gasteiger partial charge in [-0.05, 0) is 51.9 Å². The molecule has 21 heavy (non-hydrogen) atoms. The number of nitrogens with one attached hydrogen (secondary N) is 1. The molecule has 0 amide bonds. The maximum absolute atomic E-state index is 5.57. The average molecular weight is 286 g/mol. The van der Waals surface area contributed by atoms with Crippen molar-refractivity contribution in [2.45, 2.75) is 45.2 Å². The summed E-state index contributed by atoms with van der Waals surface area (Å²) in [6.07, 6.45) is 7.25. The van der Waals surface area contributed by atoms with Gasteiger partial charge in [0, 0.05) is 23.5 Å². The van der Waals surface area contributed by atoms with Crippen LogP contribution in [0.3, 0.4) is 0 Å². The molecule has 0 radical (unpaired) electrons. The molecule has 0 spiro atoms. The highest BCUT2D eigenvalue weighted by Crippen LogP contribution is 2.20. The Balaban J connectivity index is 1.40. The van der Waals surface area contributed by atoms with Gasteiger partial charge >= 0.3 is 0 Å². The van der Waals surface area contributed by atoms with Gasteiger partial charge in [-0.2, -0.15) is 0 Å². The summed E-state index contributed by atoms with van der Waals surface area (Å²) >= 11 is 0. The van der Waals surface area contributed by atoms with Gasteiger partial charge < -0.3 is 14.6 Å². The Hall–Kier alpha value is -1.32. The van der Waals surface area contributed by atoms with Gasteiger partial charge in [0.25, 0.3) is 0 Å². The minimum absolute atomic E-state index is 0.775. The molecule has 1 aliphatic rings. The molecule has 2 heterocycles. The van der Waals surface area contributed by atoms with E-state index >= 15 is 0 Å². The van der Waals surface area contributed by atoms with E-state index in [4.69, 9.17) is 4.42 Å². The predicted molar refractivity (Wildman–Crippen MR) is 87.4 cm³/mol. The van der Waals surface area contributed by atoms with Gasteiger partial charge in [0.1, 0.15) is 5.58 Å². The number of nitrogens with zero attached hydrogens (tertiary/aromatic N) is 1. The van der Waals surface area contributed by atoms with Crippen molar-refractivity contribution in [1.82, 2.24) is 10.2 Å². The number of rotatable bonds is 6. The second-order valence-corrected chi connectivity index (χ2v) is 6.17. The quantitative estimate of drug-likeness (QED) is 0.819. The van der Waals surface area contributed by atoms with Gasteiger partial charge in [0.2, 0.25) is 0 Å². The predicted octanol–water partition coefficient (Wildman–Crippen LogP) is 3.79. The topological polar surface area (TPSA) is 28.4 Å². The van der Waals surface area contributed by atoms with Crippen molar-refractivity contribution in [2.75, 3.05) is 19.6 Å². The second-order valence-electron chi connectivity index (χ2n) is 6.17. The summed E-state index contributed by atoms with van der Waals surface area (Å²) in [5.41, 5.74) is 2.24. The van der Waals surface area contributed by atoms with Crippen LogP contribution in [0.2, 0.25) is 0 Å². The third kappa shape index (κ3) is 3.66. The Bertz CT molecular complexity index is 563. The number of benzene rings is 1. The van der Waals surface area contributed by atoms with Crippen LogP contribution >= 0.6 is 0 Å². The molecule has 1 unspecified atom stereocenters. The van der Waals surface area contributed by atoms with Crippen LogP contribution in [0.1, 0.15) is 38.2 Å². The van der Waals surface area contributed by atoms with Crippen LogP contribution in [-0.4, -0.2) is 30.6 Å². The minimum atomic E-state index is 0.775. The molecule has 0 aliphatic carbocycles. The fourth-order valence-electron chi connectivity index (χ4n) is 3.29. The minimum Gasteiger partial charge on any atom is -0.464 e. The van der Waals surface area contributed by atoms with Crippen LogP contribution in [0.4, 0.5) is 0 Å². The normalized spacial score (nSPS) is 20.1. The molecule has 0 bridgehead atoms. The van der Waals surface area contributed by atoms with E-state index in [-0.39, 0.29) is 0 Å². The molecule has 3 heteroatoms. The van der Waals surface area contributed by atoms with Crippen molar-refractivity contribution in [3.63, 3.8) is 0 Å². The maximum Gasteiger partial charge on any atom is 0.134 e. The number of likely N-dealkylation sites (tertiary alicyclic amines) is 1. The van der Waals surface area contributed by atoms with Crippen LogP contribution in [0, 0.1) is 0 Å². The molecule has 3 nitrogen and oxygen atoms in total. The summed E-state index contributed by atoms with van der Waals surface area (Å²) in [6.45, 7) is 6.84. The number of piperidine rings is 1. The summed E-state index contributed by atoms with van der Waals surface area (Å²) < 4.78 is 5.57. The van der Waals surface area contributed by atoms with E-state index in [1.807, 2.05) is 18.4 Å². The molecule has 114 valence electrons. The molecule has 1 aromatic heterocycles. The van der Waals surface area contributed by atoms with Gasteiger partial charge in [-0.15, -0.1) is 0 Å². The van der Waals surface area contributed by atoms with Crippen molar-refractivity contribution in [2.24, 2.45) is 0 Å². The van der Waals surface area contributed by atoms with Crippen molar-refractivity contribution in [1.29, 1.82) is 0 Å². The zero-order valence-electron chi connectivity index (χ0n) is 13.0. The molecule has 1 aliphatic heterocycles. The van der Waals surface area contributed by atoms with E-state index in [0.717, 1.165) is 24.7 Å². The van der Waals surface area contributed by atoms with Crippen LogP contribution in [-0.2, 0) is 6.54 Å². The zero-order valence-corrected chi connectivity index (χ0v) is 13.0. The van der Waals surface area contributed by atoms with Crippen molar-refractivity contribution in [3.8, 4) is 0 Å². The zero-order chi connectivity index (χ0) is 14.5. The lowest BCUT2D eigenvalue weighted by Crippen LogP contribution is -2.38. The third-order valence-corrected chi connectivity index (χ3v) is 4.62. The monoisotopic (exact) mass is 286 g/mol. The largest absolute Gasteiger partial charge is 0.464 e. The first kappa shape index (κ1) is 14.6. The maximum atomic E-state index is 5.57. The lowest BCUT2D eigenvalue weighted by Gasteiger charge is -2.33. The van der Waals surface area contributed by atoms with Gasteiger partial charge in [-0.3, -0.25) is 0 Å². The fraction of sp³-hybridized carbons (Fsp3) is 0.556. The van der Waals surface area contributed by atoms with Crippen LogP contribution in [0.25, 0.3) is 11.0 Å². The first-order valence-corrected chi connectivity index (χ1v) is 8.24. The summed E-state index contributed by atoms with van der Waals surface area (Å²) in [5.74, 6) is 0. The lowest BCUT2D eigenvalue weighted by molar-refractivity contribution is 0.159. The van der Waals surface area contributed by atoms with Crippen molar-refractivity contribution < 1.29 is 4.42 Å². The van der Waals surface area contributed by atoms with E-state index in [1.54, 1.807) is 0 Å². The number of para-hydroxylation sites is 1. The van der Waals surface area contributed by atoms with Crippen molar-refractivity contribution >= 4 is 11.0 Å². The van der Waals surface area contributed by atoms with E-state index in [2.05, 4.69) is 29.3 Å². The van der Waals surface area contributed by atoms with Gasteiger partial charge in [0.05, 0.1) is 6.26 Å². The van der Waals surface area contributed by atoms with Gasteiger partial charge in [-0.25, -0.2) is 0 Å². The van der Waals surface area contributed by atoms with Crippen LogP contribution in [0.15, 0.2) is 34.9 Å². The first-order valence-electron chi connectivity index (χ1n) is 8.24. The smallest absolute Gasteiger partial charge is 0.134 e. The molecule has 1 aromatic carbocycles. The third-order valence-electron chi connectivity index (χ3n) is 4.62. The lowest BCUT2D eigenvalue weighted by atomic mass is 10.0. The Morgan fingerprint density at radius 3 is 3.10 bits per heavy atom. The molecule has 1 saturated heterocycles. The molecule has 0 saturated carbocycles. The summed E-state index contributed by atoms with van der Waals surface area (Å²) in [4.78, 5) is 2.64. The molecule has 3 rings (SSSR count). The van der Waals surface area contributed by atoms with Crippen LogP contribution in [0.5, 0.6) is 0 Å².